The van der Waals surface area contributed by atoms with Crippen LogP contribution in [0.15, 0.2) is 18.2 Å². The first kappa shape index (κ1) is 9.66. The van der Waals surface area contributed by atoms with E-state index in [1.54, 1.807) is 6.07 Å². The summed E-state index contributed by atoms with van der Waals surface area (Å²) in [4.78, 5) is 0. The van der Waals surface area contributed by atoms with Crippen LogP contribution in [0.1, 0.15) is 17.5 Å². The highest BCUT2D eigenvalue weighted by Crippen LogP contribution is 2.16. The fourth-order valence-corrected chi connectivity index (χ4v) is 1.77. The summed E-state index contributed by atoms with van der Waals surface area (Å²) >= 11 is 0. The summed E-state index contributed by atoms with van der Waals surface area (Å²) in [6.45, 7) is 4.13. The van der Waals surface area contributed by atoms with Gasteiger partial charge in [-0.1, -0.05) is 12.1 Å². The summed E-state index contributed by atoms with van der Waals surface area (Å²) in [5.74, 6) is 0.716. The van der Waals surface area contributed by atoms with Gasteiger partial charge in [0.1, 0.15) is 5.82 Å². The summed E-state index contributed by atoms with van der Waals surface area (Å²) < 4.78 is 13.4. The molecule has 2 rings (SSSR count). The van der Waals surface area contributed by atoms with Crippen molar-refractivity contribution >= 4 is 0 Å². The van der Waals surface area contributed by atoms with Crippen molar-refractivity contribution in [2.24, 2.45) is 5.92 Å². The van der Waals surface area contributed by atoms with Crippen molar-refractivity contribution in [1.29, 1.82) is 0 Å². The second-order valence-corrected chi connectivity index (χ2v) is 4.16. The molecule has 1 saturated heterocycles. The zero-order chi connectivity index (χ0) is 9.97. The number of aryl methyl sites for hydroxylation is 2. The quantitative estimate of drug-likeness (QED) is 0.776. The zero-order valence-corrected chi connectivity index (χ0v) is 8.52. The van der Waals surface area contributed by atoms with Crippen LogP contribution < -0.4 is 5.32 Å². The molecule has 0 aromatic heterocycles. The molecular weight excluding hydrogens is 177 g/mol. The van der Waals surface area contributed by atoms with Crippen molar-refractivity contribution < 1.29 is 4.39 Å². The maximum Gasteiger partial charge on any atom is 0.126 e. The third kappa shape index (κ3) is 2.13. The second kappa shape index (κ2) is 4.09. The number of rotatable bonds is 3. The molecular formula is C12H16FN. The van der Waals surface area contributed by atoms with Crippen LogP contribution in [-0.2, 0) is 6.42 Å². The van der Waals surface area contributed by atoms with Crippen molar-refractivity contribution in [3.8, 4) is 0 Å². The Balaban J connectivity index is 1.94. The van der Waals surface area contributed by atoms with Crippen LogP contribution in [0, 0.1) is 18.7 Å². The SMILES string of the molecule is Cc1ccc(CCC2CNC2)c(F)c1. The predicted octanol–water partition coefficient (Wildman–Crippen LogP) is 2.29. The van der Waals surface area contributed by atoms with Gasteiger partial charge in [-0.15, -0.1) is 0 Å². The van der Waals surface area contributed by atoms with Gasteiger partial charge in [-0.3, -0.25) is 0 Å². The molecule has 0 aliphatic carbocycles. The summed E-state index contributed by atoms with van der Waals surface area (Å²) in [5, 5.41) is 3.23. The summed E-state index contributed by atoms with van der Waals surface area (Å²) in [5.41, 5.74) is 1.86. The van der Waals surface area contributed by atoms with Gasteiger partial charge in [0.25, 0.3) is 0 Å². The molecule has 1 heterocycles. The molecule has 1 aliphatic heterocycles. The van der Waals surface area contributed by atoms with Gasteiger partial charge in [-0.25, -0.2) is 4.39 Å². The minimum atomic E-state index is -0.0442. The standard InChI is InChI=1S/C12H16FN/c1-9-2-4-11(12(13)6-9)5-3-10-7-14-8-10/h2,4,6,10,14H,3,5,7-8H2,1H3. The lowest BCUT2D eigenvalue weighted by atomic mass is 9.94. The van der Waals surface area contributed by atoms with Crippen LogP contribution in [0.5, 0.6) is 0 Å². The third-order valence-electron chi connectivity index (χ3n) is 2.90. The highest BCUT2D eigenvalue weighted by atomic mass is 19.1. The first-order valence-electron chi connectivity index (χ1n) is 5.21. The first-order chi connectivity index (χ1) is 6.75. The van der Waals surface area contributed by atoms with Crippen LogP contribution in [0.4, 0.5) is 4.39 Å². The molecule has 1 aliphatic rings. The van der Waals surface area contributed by atoms with Crippen molar-refractivity contribution in [3.05, 3.63) is 35.1 Å². The monoisotopic (exact) mass is 193 g/mol. The lowest BCUT2D eigenvalue weighted by Crippen LogP contribution is -2.42. The van der Waals surface area contributed by atoms with Crippen molar-refractivity contribution in [1.82, 2.24) is 5.32 Å². The Morgan fingerprint density at radius 1 is 1.43 bits per heavy atom. The zero-order valence-electron chi connectivity index (χ0n) is 8.52. The minimum Gasteiger partial charge on any atom is -0.316 e. The van der Waals surface area contributed by atoms with Gasteiger partial charge < -0.3 is 5.32 Å². The van der Waals surface area contributed by atoms with Crippen LogP contribution in [-0.4, -0.2) is 13.1 Å². The van der Waals surface area contributed by atoms with Crippen molar-refractivity contribution in [3.63, 3.8) is 0 Å². The van der Waals surface area contributed by atoms with E-state index in [0.29, 0.717) is 0 Å². The number of benzene rings is 1. The maximum absolute atomic E-state index is 13.4. The van der Waals surface area contributed by atoms with E-state index < -0.39 is 0 Å². The fourth-order valence-electron chi connectivity index (χ4n) is 1.77. The third-order valence-corrected chi connectivity index (χ3v) is 2.90. The first-order valence-corrected chi connectivity index (χ1v) is 5.21. The Morgan fingerprint density at radius 2 is 2.21 bits per heavy atom. The fraction of sp³-hybridized carbons (Fsp3) is 0.500. The average molecular weight is 193 g/mol. The molecule has 0 bridgehead atoms. The lowest BCUT2D eigenvalue weighted by molar-refractivity contribution is 0.326. The molecule has 14 heavy (non-hydrogen) atoms. The average Bonchev–Trinajstić information content (AvgIpc) is 2.05. The molecule has 1 aromatic rings. The molecule has 1 nitrogen and oxygen atoms in total. The number of hydrogen-bond acceptors (Lipinski definition) is 1. The normalized spacial score (nSPS) is 16.7. The highest BCUT2D eigenvalue weighted by Gasteiger charge is 2.16. The number of nitrogens with one attached hydrogen (secondary N) is 1. The van der Waals surface area contributed by atoms with E-state index in [1.807, 2.05) is 19.1 Å². The Bertz CT molecular complexity index is 318. The molecule has 1 N–H and O–H groups in total. The van der Waals surface area contributed by atoms with Gasteiger partial charge in [-0.05, 0) is 56.0 Å². The molecule has 0 spiro atoms. The Morgan fingerprint density at radius 3 is 2.79 bits per heavy atom. The summed E-state index contributed by atoms with van der Waals surface area (Å²) in [7, 11) is 0. The van der Waals surface area contributed by atoms with Crippen molar-refractivity contribution in [2.75, 3.05) is 13.1 Å². The predicted molar refractivity (Wildman–Crippen MR) is 55.8 cm³/mol. The number of hydrogen-bond donors (Lipinski definition) is 1. The van der Waals surface area contributed by atoms with Gasteiger partial charge in [0.2, 0.25) is 0 Å². The second-order valence-electron chi connectivity index (χ2n) is 4.16. The van der Waals surface area contributed by atoms with Crippen LogP contribution >= 0.6 is 0 Å². The van der Waals surface area contributed by atoms with E-state index in [1.165, 1.54) is 0 Å². The Hall–Kier alpha value is -0.890. The highest BCUT2D eigenvalue weighted by molar-refractivity contribution is 5.23. The molecule has 0 radical (unpaired) electrons. The van der Waals surface area contributed by atoms with E-state index >= 15 is 0 Å². The van der Waals surface area contributed by atoms with E-state index in [0.717, 1.165) is 43.0 Å². The van der Waals surface area contributed by atoms with Crippen molar-refractivity contribution in [2.45, 2.75) is 19.8 Å². The smallest absolute Gasteiger partial charge is 0.126 e. The van der Waals surface area contributed by atoms with Gasteiger partial charge in [-0.2, -0.15) is 0 Å². The molecule has 76 valence electrons. The van der Waals surface area contributed by atoms with E-state index in [9.17, 15) is 4.39 Å². The Kier molecular flexibility index (Phi) is 2.82. The number of halogens is 1. The molecule has 0 unspecified atom stereocenters. The van der Waals surface area contributed by atoms with E-state index in [-0.39, 0.29) is 5.82 Å². The molecule has 1 fully saturated rings. The molecule has 0 amide bonds. The van der Waals surface area contributed by atoms with Gasteiger partial charge in [0.05, 0.1) is 0 Å². The van der Waals surface area contributed by atoms with Crippen LogP contribution in [0.3, 0.4) is 0 Å². The molecule has 2 heteroatoms. The van der Waals surface area contributed by atoms with Crippen LogP contribution in [0.2, 0.25) is 0 Å². The molecule has 0 saturated carbocycles. The van der Waals surface area contributed by atoms with E-state index in [4.69, 9.17) is 0 Å². The summed E-state index contributed by atoms with van der Waals surface area (Å²) in [6.07, 6.45) is 1.98. The largest absolute Gasteiger partial charge is 0.316 e. The minimum absolute atomic E-state index is 0.0442. The van der Waals surface area contributed by atoms with Crippen LogP contribution in [0.25, 0.3) is 0 Å². The summed E-state index contributed by atoms with van der Waals surface area (Å²) in [6, 6.07) is 5.52. The molecule has 1 aromatic carbocycles. The van der Waals surface area contributed by atoms with E-state index in [2.05, 4.69) is 5.32 Å². The topological polar surface area (TPSA) is 12.0 Å². The maximum atomic E-state index is 13.4. The molecule has 0 atom stereocenters. The lowest BCUT2D eigenvalue weighted by Gasteiger charge is -2.26. The van der Waals surface area contributed by atoms with Gasteiger partial charge >= 0.3 is 0 Å². The van der Waals surface area contributed by atoms with Gasteiger partial charge in [0.15, 0.2) is 0 Å². The van der Waals surface area contributed by atoms with Gasteiger partial charge in [0, 0.05) is 0 Å². The Labute approximate surface area is 84.3 Å².